The van der Waals surface area contributed by atoms with Gasteiger partial charge in [-0.3, -0.25) is 10.1 Å². The molecule has 0 aromatic rings. The van der Waals surface area contributed by atoms with Crippen LogP contribution in [0.3, 0.4) is 0 Å². The molecule has 1 N–H and O–H groups in total. The molecule has 1 saturated carbocycles. The molecule has 2 aliphatic rings. The van der Waals surface area contributed by atoms with Gasteiger partial charge in [-0.2, -0.15) is 0 Å². The van der Waals surface area contributed by atoms with Gasteiger partial charge in [-0.25, -0.2) is 0 Å². The number of nitrogens with one attached hydrogen (secondary N) is 1. The summed E-state index contributed by atoms with van der Waals surface area (Å²) in [5, 5.41) is 3.58. The molecule has 2 fully saturated rings. The molecule has 2 unspecified atom stereocenters. The zero-order valence-corrected chi connectivity index (χ0v) is 13.0. The van der Waals surface area contributed by atoms with Crippen LogP contribution in [0.5, 0.6) is 0 Å². The number of carbonyl (C=O) groups is 1. The number of hydrogen-bond acceptors (Lipinski definition) is 2. The van der Waals surface area contributed by atoms with Crippen LogP contribution in [0.2, 0.25) is 0 Å². The summed E-state index contributed by atoms with van der Waals surface area (Å²) in [5.41, 5.74) is 0.409. The van der Waals surface area contributed by atoms with Crippen molar-refractivity contribution >= 4 is 5.91 Å². The molecule has 3 heteroatoms. The molecule has 1 saturated heterocycles. The lowest BCUT2D eigenvalue weighted by atomic mass is 10.1. The first kappa shape index (κ1) is 14.8. The molecule has 0 aromatic heterocycles. The molecule has 2 atom stereocenters. The largest absolute Gasteiger partial charge is 0.325 e. The van der Waals surface area contributed by atoms with Crippen LogP contribution in [0.25, 0.3) is 0 Å². The molecule has 19 heavy (non-hydrogen) atoms. The van der Waals surface area contributed by atoms with E-state index in [1.165, 1.54) is 12.8 Å². The Morgan fingerprint density at radius 3 is 2.63 bits per heavy atom. The predicted molar refractivity (Wildman–Crippen MR) is 78.7 cm³/mol. The van der Waals surface area contributed by atoms with Gasteiger partial charge in [0.25, 0.3) is 0 Å². The lowest BCUT2D eigenvalue weighted by Gasteiger charge is -2.28. The molecule has 0 aromatic carbocycles. The van der Waals surface area contributed by atoms with Gasteiger partial charge in [0.15, 0.2) is 0 Å². The highest BCUT2D eigenvalue weighted by Gasteiger charge is 2.46. The topological polar surface area (TPSA) is 32.3 Å². The minimum atomic E-state index is 0.0750. The van der Waals surface area contributed by atoms with Crippen LogP contribution in [0, 0.1) is 11.3 Å². The van der Waals surface area contributed by atoms with Gasteiger partial charge in [-0.15, -0.1) is 0 Å². The fraction of sp³-hybridized carbons (Fsp3) is 0.938. The molecule has 3 nitrogen and oxygen atoms in total. The predicted octanol–water partition coefficient (Wildman–Crippen LogP) is 3.15. The normalized spacial score (nSPS) is 29.3. The van der Waals surface area contributed by atoms with Crippen molar-refractivity contribution in [2.24, 2.45) is 11.3 Å². The van der Waals surface area contributed by atoms with Gasteiger partial charge in [-0.1, -0.05) is 40.5 Å². The second-order valence-corrected chi connectivity index (χ2v) is 7.28. The van der Waals surface area contributed by atoms with Gasteiger partial charge in [-0.05, 0) is 37.0 Å². The molecule has 110 valence electrons. The van der Waals surface area contributed by atoms with Gasteiger partial charge in [0.2, 0.25) is 5.91 Å². The van der Waals surface area contributed by atoms with Crippen LogP contribution >= 0.6 is 0 Å². The Kier molecular flexibility index (Phi) is 4.54. The second kappa shape index (κ2) is 5.82. The second-order valence-electron chi connectivity index (χ2n) is 7.28. The van der Waals surface area contributed by atoms with Crippen molar-refractivity contribution < 1.29 is 4.79 Å². The Bertz CT molecular complexity index is 323. The third-order valence-electron chi connectivity index (χ3n) is 4.55. The first-order valence-corrected chi connectivity index (χ1v) is 8.02. The van der Waals surface area contributed by atoms with Gasteiger partial charge < -0.3 is 4.90 Å². The summed E-state index contributed by atoms with van der Waals surface area (Å²) in [6, 6.07) is 0.0750. The van der Waals surface area contributed by atoms with Gasteiger partial charge in [0.1, 0.15) is 0 Å². The smallest absolute Gasteiger partial charge is 0.241 e. The molecule has 0 spiro atoms. The van der Waals surface area contributed by atoms with Crippen molar-refractivity contribution in [1.82, 2.24) is 10.2 Å². The van der Waals surface area contributed by atoms with Crippen molar-refractivity contribution in [2.75, 3.05) is 6.54 Å². The molecule has 0 bridgehead atoms. The van der Waals surface area contributed by atoms with Crippen LogP contribution in [0.4, 0.5) is 0 Å². The fourth-order valence-electron chi connectivity index (χ4n) is 2.97. The van der Waals surface area contributed by atoms with Crippen molar-refractivity contribution in [3.8, 4) is 0 Å². The zero-order chi connectivity index (χ0) is 14.0. The average Bonchev–Trinajstić information content (AvgIpc) is 3.00. The molecule has 2 rings (SSSR count). The van der Waals surface area contributed by atoms with Crippen LogP contribution in [0.15, 0.2) is 0 Å². The summed E-state index contributed by atoms with van der Waals surface area (Å²) in [6.45, 7) is 9.93. The van der Waals surface area contributed by atoms with Gasteiger partial charge in [0, 0.05) is 6.54 Å². The molecule has 1 aliphatic carbocycles. The van der Waals surface area contributed by atoms with E-state index in [1.54, 1.807) is 0 Å². The molecule has 1 heterocycles. The summed E-state index contributed by atoms with van der Waals surface area (Å²) in [4.78, 5) is 14.7. The van der Waals surface area contributed by atoms with E-state index >= 15 is 0 Å². The van der Waals surface area contributed by atoms with E-state index < -0.39 is 0 Å². The van der Waals surface area contributed by atoms with Crippen LogP contribution < -0.4 is 5.32 Å². The Balaban J connectivity index is 1.99. The van der Waals surface area contributed by atoms with Crippen molar-refractivity contribution in [3.63, 3.8) is 0 Å². The average molecular weight is 266 g/mol. The number of nitrogens with zero attached hydrogens (tertiary/aromatic N) is 1. The first-order valence-electron chi connectivity index (χ1n) is 8.02. The van der Waals surface area contributed by atoms with Crippen molar-refractivity contribution in [3.05, 3.63) is 0 Å². The maximum Gasteiger partial charge on any atom is 0.241 e. The van der Waals surface area contributed by atoms with Crippen LogP contribution in [0.1, 0.15) is 66.2 Å². The van der Waals surface area contributed by atoms with Gasteiger partial charge >= 0.3 is 0 Å². The van der Waals surface area contributed by atoms with Crippen LogP contribution in [-0.4, -0.2) is 29.6 Å². The summed E-state index contributed by atoms with van der Waals surface area (Å²) in [7, 11) is 0. The number of amides is 1. The summed E-state index contributed by atoms with van der Waals surface area (Å²) < 4.78 is 0. The number of rotatable bonds is 7. The van der Waals surface area contributed by atoms with Gasteiger partial charge in [0.05, 0.1) is 12.2 Å². The highest BCUT2D eigenvalue weighted by molar-refractivity contribution is 5.84. The summed E-state index contributed by atoms with van der Waals surface area (Å²) in [5.74, 6) is 0.983. The summed E-state index contributed by atoms with van der Waals surface area (Å²) >= 11 is 0. The molecule has 1 aliphatic heterocycles. The highest BCUT2D eigenvalue weighted by Crippen LogP contribution is 2.46. The minimum absolute atomic E-state index is 0.0750. The minimum Gasteiger partial charge on any atom is -0.325 e. The van der Waals surface area contributed by atoms with Crippen LogP contribution in [-0.2, 0) is 4.79 Å². The number of carbonyl (C=O) groups excluding carboxylic acids is 1. The standard InChI is InChI=1S/C16H30N2O/c1-5-6-7-13-15(19)18(11-16(4)8-9-16)14(17-13)10-12(2)3/h12-14,17H,5-11H2,1-4H3. The van der Waals surface area contributed by atoms with E-state index in [4.69, 9.17) is 0 Å². The highest BCUT2D eigenvalue weighted by atomic mass is 16.2. The van der Waals surface area contributed by atoms with Crippen molar-refractivity contribution in [2.45, 2.75) is 78.4 Å². The molecule has 0 radical (unpaired) electrons. The Hall–Kier alpha value is -0.570. The van der Waals surface area contributed by atoms with E-state index in [9.17, 15) is 4.79 Å². The third kappa shape index (κ3) is 3.71. The quantitative estimate of drug-likeness (QED) is 0.767. The maximum absolute atomic E-state index is 12.6. The maximum atomic E-state index is 12.6. The molecular formula is C16H30N2O. The first-order chi connectivity index (χ1) is 8.95. The third-order valence-corrected chi connectivity index (χ3v) is 4.55. The van der Waals surface area contributed by atoms with E-state index in [1.807, 2.05) is 0 Å². The fourth-order valence-corrected chi connectivity index (χ4v) is 2.97. The molecule has 1 amide bonds. The monoisotopic (exact) mass is 266 g/mol. The lowest BCUT2D eigenvalue weighted by molar-refractivity contribution is -0.131. The van der Waals surface area contributed by atoms with Crippen molar-refractivity contribution in [1.29, 1.82) is 0 Å². The Labute approximate surface area is 118 Å². The van der Waals surface area contributed by atoms with E-state index in [0.717, 1.165) is 32.2 Å². The van der Waals surface area contributed by atoms with E-state index in [2.05, 4.69) is 37.9 Å². The van der Waals surface area contributed by atoms with E-state index in [-0.39, 0.29) is 12.2 Å². The molecular weight excluding hydrogens is 236 g/mol. The Morgan fingerprint density at radius 2 is 2.11 bits per heavy atom. The van der Waals surface area contributed by atoms with E-state index in [0.29, 0.717) is 17.2 Å². The number of unbranched alkanes of at least 4 members (excludes halogenated alkanes) is 1. The lowest BCUT2D eigenvalue weighted by Crippen LogP contribution is -2.41. The Morgan fingerprint density at radius 1 is 1.42 bits per heavy atom. The zero-order valence-electron chi connectivity index (χ0n) is 13.0. The number of hydrogen-bond donors (Lipinski definition) is 1. The summed E-state index contributed by atoms with van der Waals surface area (Å²) in [6.07, 6.45) is 7.21. The SMILES string of the molecule is CCCCC1NC(CC(C)C)N(CC2(C)CC2)C1=O.